The molecule has 2 atom stereocenters. The average molecular weight is 260 g/mol. The minimum Gasteiger partial charge on any atom is -0.798 e. The zero-order valence-electron chi connectivity index (χ0n) is 8.84. The second-order valence-electron chi connectivity index (χ2n) is 3.06. The number of hydrogen-bond acceptors (Lipinski definition) is 2. The van der Waals surface area contributed by atoms with Crippen LogP contribution in [0.5, 0.6) is 0 Å². The van der Waals surface area contributed by atoms with Crippen LogP contribution in [0.1, 0.15) is 6.92 Å². The van der Waals surface area contributed by atoms with Gasteiger partial charge in [-0.1, -0.05) is 18.2 Å². The van der Waals surface area contributed by atoms with Gasteiger partial charge in [-0.2, -0.15) is 8.78 Å². The van der Waals surface area contributed by atoms with Crippen LogP contribution in [0.3, 0.4) is 0 Å². The summed E-state index contributed by atoms with van der Waals surface area (Å²) in [5.41, 5.74) is -3.26. The van der Waals surface area contributed by atoms with E-state index < -0.39 is 24.9 Å². The van der Waals surface area contributed by atoms with Crippen LogP contribution < -0.4 is 34.5 Å². The van der Waals surface area contributed by atoms with Crippen LogP contribution in [-0.4, -0.2) is 11.6 Å². The maximum atomic E-state index is 13.9. The second-order valence-corrected chi connectivity index (χ2v) is 4.18. The summed E-state index contributed by atoms with van der Waals surface area (Å²) in [7, 11) is -3.73. The monoisotopic (exact) mass is 260 g/mol. The van der Waals surface area contributed by atoms with Crippen molar-refractivity contribution in [2.45, 2.75) is 18.5 Å². The van der Waals surface area contributed by atoms with E-state index in [-0.39, 0.29) is 29.6 Å². The molecule has 0 radical (unpaired) electrons. The van der Waals surface area contributed by atoms with Crippen molar-refractivity contribution in [1.29, 1.82) is 0 Å². The van der Waals surface area contributed by atoms with Gasteiger partial charge in [0.2, 0.25) is 5.67 Å². The van der Waals surface area contributed by atoms with E-state index in [2.05, 4.69) is 0 Å². The van der Waals surface area contributed by atoms with Crippen molar-refractivity contribution in [3.63, 3.8) is 0 Å². The van der Waals surface area contributed by atoms with E-state index in [9.17, 15) is 22.6 Å². The third-order valence-electron chi connectivity index (χ3n) is 2.06. The smallest absolute Gasteiger partial charge is 0.798 e. The topological polar surface area (TPSA) is 40.1 Å². The molecule has 2 unspecified atom stereocenters. The SMILES string of the molecule is CC=CC1(F)C([PH](=O)[O-])=CC=CC1(F)F.[Na+]. The summed E-state index contributed by atoms with van der Waals surface area (Å²) in [6.45, 7) is 1.34. The van der Waals surface area contributed by atoms with Gasteiger partial charge in [0.05, 0.1) is 0 Å². The molecule has 0 aromatic rings. The molecule has 0 aromatic carbocycles. The molecule has 0 aliphatic heterocycles. The summed E-state index contributed by atoms with van der Waals surface area (Å²) < 4.78 is 51.1. The third-order valence-corrected chi connectivity index (χ3v) is 3.03. The molecule has 0 aromatic heterocycles. The molecule has 1 aliphatic rings. The molecule has 1 rings (SSSR count). The molecule has 0 heterocycles. The molecule has 7 heteroatoms. The molecule has 0 saturated heterocycles. The van der Waals surface area contributed by atoms with Crippen LogP contribution >= 0.6 is 8.03 Å². The summed E-state index contributed by atoms with van der Waals surface area (Å²) in [5, 5.41) is -0.891. The van der Waals surface area contributed by atoms with E-state index in [0.29, 0.717) is 12.2 Å². The third kappa shape index (κ3) is 2.71. The minimum absolute atomic E-state index is 0. The van der Waals surface area contributed by atoms with Gasteiger partial charge >= 0.3 is 35.5 Å². The van der Waals surface area contributed by atoms with Gasteiger partial charge in [-0.3, -0.25) is 0 Å². The normalized spacial score (nSPS) is 29.7. The van der Waals surface area contributed by atoms with Crippen molar-refractivity contribution in [3.05, 3.63) is 35.7 Å². The van der Waals surface area contributed by atoms with Gasteiger partial charge < -0.3 is 9.46 Å². The van der Waals surface area contributed by atoms with Crippen LogP contribution in [-0.2, 0) is 4.57 Å². The average Bonchev–Trinajstić information content (AvgIpc) is 2.10. The van der Waals surface area contributed by atoms with E-state index in [1.54, 1.807) is 0 Å². The summed E-state index contributed by atoms with van der Waals surface area (Å²) >= 11 is 0. The molecular formula is C9H9F3NaO2P. The van der Waals surface area contributed by atoms with Crippen molar-refractivity contribution < 1.29 is 52.2 Å². The maximum absolute atomic E-state index is 13.9. The summed E-state index contributed by atoms with van der Waals surface area (Å²) in [6, 6.07) is 0. The first-order valence-electron chi connectivity index (χ1n) is 4.17. The van der Waals surface area contributed by atoms with Crippen molar-refractivity contribution in [2.24, 2.45) is 0 Å². The Kier molecular flexibility index (Phi) is 5.77. The van der Waals surface area contributed by atoms with E-state index in [0.717, 1.165) is 18.2 Å². The predicted molar refractivity (Wildman–Crippen MR) is 49.8 cm³/mol. The van der Waals surface area contributed by atoms with Gasteiger partial charge in [0.25, 0.3) is 0 Å². The molecule has 1 aliphatic carbocycles. The fourth-order valence-corrected chi connectivity index (χ4v) is 2.11. The predicted octanol–water partition coefficient (Wildman–Crippen LogP) is -0.801. The summed E-state index contributed by atoms with van der Waals surface area (Å²) in [6.07, 6.45) is 3.67. The van der Waals surface area contributed by atoms with Crippen LogP contribution in [0, 0.1) is 0 Å². The molecule has 84 valence electrons. The van der Waals surface area contributed by atoms with Crippen LogP contribution in [0.2, 0.25) is 0 Å². The number of allylic oxidation sites excluding steroid dienone is 6. The number of rotatable bonds is 2. The van der Waals surface area contributed by atoms with Crippen molar-refractivity contribution in [2.75, 3.05) is 0 Å². The molecular weight excluding hydrogens is 251 g/mol. The van der Waals surface area contributed by atoms with E-state index in [4.69, 9.17) is 0 Å². The Balaban J connectivity index is 0.00000225. The molecule has 0 spiro atoms. The van der Waals surface area contributed by atoms with Crippen molar-refractivity contribution in [1.82, 2.24) is 0 Å². The van der Waals surface area contributed by atoms with E-state index >= 15 is 0 Å². The zero-order chi connectivity index (χ0) is 11.7. The van der Waals surface area contributed by atoms with E-state index in [1.807, 2.05) is 0 Å². The minimum atomic E-state index is -3.84. The summed E-state index contributed by atoms with van der Waals surface area (Å²) in [4.78, 5) is 10.7. The first-order chi connectivity index (χ1) is 6.85. The Hall–Kier alpha value is 0.200. The fraction of sp³-hybridized carbons (Fsp3) is 0.333. The molecule has 0 N–H and O–H groups in total. The van der Waals surface area contributed by atoms with Gasteiger partial charge in [-0.25, -0.2) is 4.39 Å². The van der Waals surface area contributed by atoms with Gasteiger partial charge in [0.15, 0.2) is 0 Å². The van der Waals surface area contributed by atoms with Crippen LogP contribution in [0.25, 0.3) is 0 Å². The quantitative estimate of drug-likeness (QED) is 0.370. The van der Waals surface area contributed by atoms with Gasteiger partial charge in [-0.05, 0) is 19.1 Å². The first kappa shape index (κ1) is 16.2. The number of halogens is 3. The molecule has 0 saturated carbocycles. The molecule has 0 bridgehead atoms. The number of hydrogen-bond donors (Lipinski definition) is 0. The summed E-state index contributed by atoms with van der Waals surface area (Å²) in [5.74, 6) is -3.84. The fourth-order valence-electron chi connectivity index (χ4n) is 1.33. The maximum Gasteiger partial charge on any atom is 1.00 e. The van der Waals surface area contributed by atoms with Crippen LogP contribution in [0.15, 0.2) is 35.7 Å². The Morgan fingerprint density at radius 1 is 1.44 bits per heavy atom. The van der Waals surface area contributed by atoms with Crippen molar-refractivity contribution >= 4 is 8.03 Å². The first-order valence-corrected chi connectivity index (χ1v) is 5.49. The van der Waals surface area contributed by atoms with Crippen molar-refractivity contribution in [3.8, 4) is 0 Å². The Morgan fingerprint density at radius 2 is 2.00 bits per heavy atom. The largest absolute Gasteiger partial charge is 1.00 e. The Morgan fingerprint density at radius 3 is 2.44 bits per heavy atom. The molecule has 0 fully saturated rings. The zero-order valence-corrected chi connectivity index (χ0v) is 11.8. The molecule has 2 nitrogen and oxygen atoms in total. The standard InChI is InChI=1S/C9H10F3O2P.Na/c1-2-5-8(10)7(15(13)14)4-3-6-9(8,11)12;/h2-6,15H,1H3,(H,13,14);/q;+1/p-1. The molecule has 0 amide bonds. The second kappa shape index (κ2) is 5.69. The number of alkyl halides is 3. The van der Waals surface area contributed by atoms with E-state index in [1.165, 1.54) is 6.92 Å². The van der Waals surface area contributed by atoms with Crippen LogP contribution in [0.4, 0.5) is 13.2 Å². The van der Waals surface area contributed by atoms with Gasteiger partial charge in [0, 0.05) is 13.3 Å². The molecule has 16 heavy (non-hydrogen) atoms. The Labute approximate surface area is 114 Å². The Bertz CT molecular complexity index is 379. The van der Waals surface area contributed by atoms with Gasteiger partial charge in [-0.15, -0.1) is 0 Å². The van der Waals surface area contributed by atoms with Gasteiger partial charge in [0.1, 0.15) is 0 Å².